The first-order valence-corrected chi connectivity index (χ1v) is 9.72. The van der Waals surface area contributed by atoms with Crippen LogP contribution in [0.5, 0.6) is 11.5 Å². The van der Waals surface area contributed by atoms with E-state index < -0.39 is 0 Å². The lowest BCUT2D eigenvalue weighted by Crippen LogP contribution is -2.38. The fraction of sp³-hybridized carbons (Fsp3) is 0.389. The number of benzene rings is 1. The Balaban J connectivity index is 1.24. The van der Waals surface area contributed by atoms with E-state index in [0.29, 0.717) is 41.8 Å². The van der Waals surface area contributed by atoms with Crippen LogP contribution in [-0.2, 0) is 17.8 Å². The first kappa shape index (κ1) is 16.4. The number of aromatic nitrogens is 1. The second-order valence-corrected chi connectivity index (χ2v) is 7.91. The first-order chi connectivity index (χ1) is 13.2. The van der Waals surface area contributed by atoms with Gasteiger partial charge in [-0.25, -0.2) is 9.78 Å². The van der Waals surface area contributed by atoms with Crippen molar-refractivity contribution in [1.82, 2.24) is 9.88 Å². The highest BCUT2D eigenvalue weighted by Gasteiger charge is 2.31. The Bertz CT molecular complexity index is 924. The van der Waals surface area contributed by atoms with Gasteiger partial charge in [0.2, 0.25) is 12.7 Å². The molecular weight excluding hydrogens is 368 g/mol. The van der Waals surface area contributed by atoms with E-state index in [0.717, 1.165) is 23.4 Å². The molecule has 0 bridgehead atoms. The maximum absolute atomic E-state index is 12.6. The molecule has 2 N–H and O–H groups in total. The molecule has 3 amide bonds. The maximum Gasteiger partial charge on any atom is 0.322 e. The summed E-state index contributed by atoms with van der Waals surface area (Å²) in [6.07, 6.45) is 2.61. The van der Waals surface area contributed by atoms with Gasteiger partial charge in [0, 0.05) is 35.5 Å². The number of carbonyl (C=O) groups is 2. The Morgan fingerprint density at radius 2 is 2.04 bits per heavy atom. The molecule has 1 fully saturated rings. The van der Waals surface area contributed by atoms with E-state index in [4.69, 9.17) is 9.47 Å². The molecule has 5 rings (SSSR count). The van der Waals surface area contributed by atoms with Crippen molar-refractivity contribution in [3.63, 3.8) is 0 Å². The molecule has 1 saturated carbocycles. The summed E-state index contributed by atoms with van der Waals surface area (Å²) in [7, 11) is 0. The highest BCUT2D eigenvalue weighted by Crippen LogP contribution is 2.35. The topological polar surface area (TPSA) is 92.8 Å². The predicted molar refractivity (Wildman–Crippen MR) is 99.2 cm³/mol. The Hall–Kier alpha value is -2.81. The molecule has 27 heavy (non-hydrogen) atoms. The number of rotatable bonds is 3. The molecule has 140 valence electrons. The van der Waals surface area contributed by atoms with E-state index in [2.05, 4.69) is 15.6 Å². The molecule has 0 atom stereocenters. The lowest BCUT2D eigenvalue weighted by Gasteiger charge is -2.26. The van der Waals surface area contributed by atoms with E-state index in [-0.39, 0.29) is 24.6 Å². The van der Waals surface area contributed by atoms with E-state index in [1.54, 1.807) is 23.1 Å². The first-order valence-electron chi connectivity index (χ1n) is 8.91. The number of anilines is 2. The highest BCUT2D eigenvalue weighted by molar-refractivity contribution is 7.15. The summed E-state index contributed by atoms with van der Waals surface area (Å²) in [5.74, 6) is 1.52. The van der Waals surface area contributed by atoms with Crippen LogP contribution in [0.2, 0.25) is 0 Å². The summed E-state index contributed by atoms with van der Waals surface area (Å²) < 4.78 is 10.6. The van der Waals surface area contributed by atoms with Gasteiger partial charge in [0.1, 0.15) is 0 Å². The third kappa shape index (κ3) is 3.30. The summed E-state index contributed by atoms with van der Waals surface area (Å²) in [6, 6.07) is 5.16. The van der Waals surface area contributed by atoms with Crippen molar-refractivity contribution >= 4 is 34.1 Å². The van der Waals surface area contributed by atoms with Gasteiger partial charge in [0.15, 0.2) is 16.6 Å². The molecule has 3 aliphatic rings. The quantitative estimate of drug-likeness (QED) is 0.846. The molecule has 0 unspecified atom stereocenters. The van der Waals surface area contributed by atoms with Crippen molar-refractivity contribution in [3.8, 4) is 11.5 Å². The van der Waals surface area contributed by atoms with E-state index in [1.807, 2.05) is 0 Å². The Labute approximate surface area is 159 Å². The summed E-state index contributed by atoms with van der Waals surface area (Å²) in [6.45, 7) is 1.28. The van der Waals surface area contributed by atoms with Gasteiger partial charge in [-0.2, -0.15) is 0 Å². The molecule has 1 aromatic heterocycles. The number of thiazole rings is 1. The van der Waals surface area contributed by atoms with Crippen molar-refractivity contribution in [3.05, 3.63) is 28.8 Å². The van der Waals surface area contributed by atoms with Crippen LogP contribution in [0, 0.1) is 5.92 Å². The normalized spacial score (nSPS) is 17.4. The lowest BCUT2D eigenvalue weighted by atomic mass is 10.2. The molecule has 2 aromatic rings. The second kappa shape index (κ2) is 6.41. The van der Waals surface area contributed by atoms with Gasteiger partial charge in [-0.3, -0.25) is 4.79 Å². The van der Waals surface area contributed by atoms with Crippen molar-refractivity contribution in [2.45, 2.75) is 25.8 Å². The SMILES string of the molecule is O=C(Nc1nc2c(s1)CN(C(=O)Nc1ccc3c(c1)OCO3)CC2)C1CC1. The van der Waals surface area contributed by atoms with Crippen molar-refractivity contribution in [2.24, 2.45) is 5.92 Å². The van der Waals surface area contributed by atoms with Crippen LogP contribution in [0.1, 0.15) is 23.4 Å². The molecule has 1 aromatic carbocycles. The molecule has 2 aliphatic heterocycles. The predicted octanol–water partition coefficient (Wildman–Crippen LogP) is 2.81. The minimum atomic E-state index is -0.170. The number of hydrogen-bond acceptors (Lipinski definition) is 6. The van der Waals surface area contributed by atoms with Gasteiger partial charge in [0.05, 0.1) is 12.2 Å². The monoisotopic (exact) mass is 386 g/mol. The Morgan fingerprint density at radius 3 is 2.89 bits per heavy atom. The van der Waals surface area contributed by atoms with Crippen LogP contribution < -0.4 is 20.1 Å². The van der Waals surface area contributed by atoms with Gasteiger partial charge < -0.3 is 25.0 Å². The number of hydrogen-bond donors (Lipinski definition) is 2. The average molecular weight is 386 g/mol. The molecule has 0 radical (unpaired) electrons. The van der Waals surface area contributed by atoms with Crippen molar-refractivity contribution in [1.29, 1.82) is 0 Å². The zero-order valence-corrected chi connectivity index (χ0v) is 15.3. The number of amides is 3. The molecule has 0 saturated heterocycles. The van der Waals surface area contributed by atoms with Crippen molar-refractivity contribution < 1.29 is 19.1 Å². The van der Waals surface area contributed by atoms with Gasteiger partial charge in [-0.05, 0) is 25.0 Å². The lowest BCUT2D eigenvalue weighted by molar-refractivity contribution is -0.117. The largest absolute Gasteiger partial charge is 0.454 e. The summed E-state index contributed by atoms with van der Waals surface area (Å²) >= 11 is 1.45. The number of fused-ring (bicyclic) bond motifs is 2. The zero-order chi connectivity index (χ0) is 18.4. The summed E-state index contributed by atoms with van der Waals surface area (Å²) in [4.78, 5) is 31.8. The summed E-state index contributed by atoms with van der Waals surface area (Å²) in [5.41, 5.74) is 1.63. The van der Waals surface area contributed by atoms with Crippen LogP contribution in [0.25, 0.3) is 0 Å². The van der Waals surface area contributed by atoms with E-state index >= 15 is 0 Å². The minimum absolute atomic E-state index is 0.0542. The Kier molecular flexibility index (Phi) is 3.89. The van der Waals surface area contributed by atoms with Crippen LogP contribution in [-0.4, -0.2) is 35.2 Å². The van der Waals surface area contributed by atoms with Gasteiger partial charge in [-0.15, -0.1) is 0 Å². The number of carbonyl (C=O) groups excluding carboxylic acids is 2. The highest BCUT2D eigenvalue weighted by atomic mass is 32.1. The second-order valence-electron chi connectivity index (χ2n) is 6.82. The molecule has 1 aliphatic carbocycles. The fourth-order valence-electron chi connectivity index (χ4n) is 3.15. The zero-order valence-electron chi connectivity index (χ0n) is 14.5. The van der Waals surface area contributed by atoms with Crippen LogP contribution >= 0.6 is 11.3 Å². The Morgan fingerprint density at radius 1 is 1.19 bits per heavy atom. The van der Waals surface area contributed by atoms with Crippen LogP contribution in [0.15, 0.2) is 18.2 Å². The molecule has 8 nitrogen and oxygen atoms in total. The maximum atomic E-state index is 12.6. The van der Waals surface area contributed by atoms with E-state index in [9.17, 15) is 9.59 Å². The molecular formula is C18H18N4O4S. The van der Waals surface area contributed by atoms with E-state index in [1.165, 1.54) is 11.3 Å². The van der Waals surface area contributed by atoms with Gasteiger partial charge >= 0.3 is 6.03 Å². The minimum Gasteiger partial charge on any atom is -0.454 e. The molecule has 3 heterocycles. The average Bonchev–Trinajstić information content (AvgIpc) is 3.28. The van der Waals surface area contributed by atoms with Gasteiger partial charge in [0.25, 0.3) is 0 Å². The third-order valence-electron chi connectivity index (χ3n) is 4.82. The molecule has 0 spiro atoms. The summed E-state index contributed by atoms with van der Waals surface area (Å²) in [5, 5.41) is 6.43. The van der Waals surface area contributed by atoms with Crippen LogP contribution in [0.3, 0.4) is 0 Å². The number of urea groups is 1. The van der Waals surface area contributed by atoms with Crippen LogP contribution in [0.4, 0.5) is 15.6 Å². The smallest absolute Gasteiger partial charge is 0.322 e. The number of nitrogens with one attached hydrogen (secondary N) is 2. The molecule has 9 heteroatoms. The standard InChI is InChI=1S/C18H18N4O4S/c23-16(10-1-2-10)21-17-20-12-5-6-22(8-15(12)27-17)18(24)19-11-3-4-13-14(7-11)26-9-25-13/h3-4,7,10H,1-2,5-6,8-9H2,(H,19,24)(H,20,21,23). The fourth-order valence-corrected chi connectivity index (χ4v) is 4.18. The number of ether oxygens (including phenoxy) is 2. The number of nitrogens with zero attached hydrogens (tertiary/aromatic N) is 2. The van der Waals surface area contributed by atoms with Gasteiger partial charge in [-0.1, -0.05) is 11.3 Å². The third-order valence-corrected chi connectivity index (χ3v) is 5.82. The van der Waals surface area contributed by atoms with Crippen molar-refractivity contribution in [2.75, 3.05) is 24.0 Å².